The van der Waals surface area contributed by atoms with Crippen molar-refractivity contribution in [2.75, 3.05) is 26.2 Å². The van der Waals surface area contributed by atoms with E-state index in [1.807, 2.05) is 55.1 Å². The Labute approximate surface area is 154 Å². The van der Waals surface area contributed by atoms with E-state index in [0.717, 1.165) is 28.9 Å². The molecule has 138 valence electrons. The van der Waals surface area contributed by atoms with Crippen LogP contribution in [-0.4, -0.2) is 52.9 Å². The molecule has 1 aliphatic rings. The van der Waals surface area contributed by atoms with E-state index in [0.29, 0.717) is 32.7 Å². The Morgan fingerprint density at radius 3 is 2.42 bits per heavy atom. The van der Waals surface area contributed by atoms with Crippen LogP contribution in [0.2, 0.25) is 0 Å². The second-order valence-corrected chi connectivity index (χ2v) is 6.77. The third-order valence-electron chi connectivity index (χ3n) is 4.74. The SMILES string of the molecule is Cc1cc(C(=O)N2CCCN(C(=O)NCc3ccccc3)CC2)c(C)[nH]1. The van der Waals surface area contributed by atoms with Crippen molar-refractivity contribution in [1.82, 2.24) is 20.1 Å². The molecule has 26 heavy (non-hydrogen) atoms. The zero-order valence-corrected chi connectivity index (χ0v) is 15.4. The Morgan fingerprint density at radius 2 is 1.73 bits per heavy atom. The minimum absolute atomic E-state index is 0.0402. The summed E-state index contributed by atoms with van der Waals surface area (Å²) < 4.78 is 0. The number of H-pyrrole nitrogens is 1. The fraction of sp³-hybridized carbons (Fsp3) is 0.400. The zero-order chi connectivity index (χ0) is 18.5. The van der Waals surface area contributed by atoms with Gasteiger partial charge < -0.3 is 20.1 Å². The van der Waals surface area contributed by atoms with Gasteiger partial charge in [0.05, 0.1) is 5.56 Å². The summed E-state index contributed by atoms with van der Waals surface area (Å²) in [6, 6.07) is 11.7. The normalized spacial score (nSPS) is 14.8. The molecule has 0 radical (unpaired) electrons. The first kappa shape index (κ1) is 18.0. The molecule has 0 bridgehead atoms. The molecule has 3 rings (SSSR count). The number of hydrogen-bond acceptors (Lipinski definition) is 2. The van der Waals surface area contributed by atoms with E-state index in [1.165, 1.54) is 0 Å². The second-order valence-electron chi connectivity index (χ2n) is 6.77. The molecule has 2 heterocycles. The molecule has 6 nitrogen and oxygen atoms in total. The molecular formula is C20H26N4O2. The summed E-state index contributed by atoms with van der Waals surface area (Å²) >= 11 is 0. The highest BCUT2D eigenvalue weighted by atomic mass is 16.2. The van der Waals surface area contributed by atoms with E-state index < -0.39 is 0 Å². The number of aromatic nitrogens is 1. The number of carbonyl (C=O) groups is 2. The van der Waals surface area contributed by atoms with Gasteiger partial charge in [0.25, 0.3) is 5.91 Å². The molecule has 1 aromatic heterocycles. The van der Waals surface area contributed by atoms with E-state index in [4.69, 9.17) is 0 Å². The molecule has 6 heteroatoms. The van der Waals surface area contributed by atoms with Crippen molar-refractivity contribution < 1.29 is 9.59 Å². The predicted octanol–water partition coefficient (Wildman–Crippen LogP) is 2.69. The number of nitrogens with zero attached hydrogens (tertiary/aromatic N) is 2. The van der Waals surface area contributed by atoms with Crippen LogP contribution < -0.4 is 5.32 Å². The molecular weight excluding hydrogens is 328 g/mol. The number of benzene rings is 1. The van der Waals surface area contributed by atoms with E-state index in [1.54, 1.807) is 4.90 Å². The number of aromatic amines is 1. The highest BCUT2D eigenvalue weighted by Crippen LogP contribution is 2.14. The lowest BCUT2D eigenvalue weighted by Gasteiger charge is -2.22. The molecule has 1 fully saturated rings. The molecule has 0 saturated carbocycles. The van der Waals surface area contributed by atoms with Gasteiger partial charge in [-0.15, -0.1) is 0 Å². The van der Waals surface area contributed by atoms with Gasteiger partial charge in [-0.05, 0) is 31.9 Å². The average molecular weight is 354 g/mol. The summed E-state index contributed by atoms with van der Waals surface area (Å²) in [6.07, 6.45) is 0.785. The number of hydrogen-bond donors (Lipinski definition) is 2. The van der Waals surface area contributed by atoms with E-state index in [-0.39, 0.29) is 11.9 Å². The monoisotopic (exact) mass is 354 g/mol. The quantitative estimate of drug-likeness (QED) is 0.890. The standard InChI is InChI=1S/C20H26N4O2/c1-15-13-18(16(2)22-15)19(25)23-9-6-10-24(12-11-23)20(26)21-14-17-7-4-3-5-8-17/h3-5,7-8,13,22H,6,9-12,14H2,1-2H3,(H,21,26). The molecule has 3 amide bonds. The smallest absolute Gasteiger partial charge is 0.317 e. The highest BCUT2D eigenvalue weighted by Gasteiger charge is 2.24. The van der Waals surface area contributed by atoms with Crippen molar-refractivity contribution >= 4 is 11.9 Å². The Hall–Kier alpha value is -2.76. The minimum atomic E-state index is -0.0724. The molecule has 2 aromatic rings. The van der Waals surface area contributed by atoms with E-state index >= 15 is 0 Å². The summed E-state index contributed by atoms with van der Waals surface area (Å²) in [5.41, 5.74) is 3.69. The molecule has 0 unspecified atom stereocenters. The van der Waals surface area contributed by atoms with Gasteiger partial charge in [-0.2, -0.15) is 0 Å². The predicted molar refractivity (Wildman–Crippen MR) is 101 cm³/mol. The first-order valence-corrected chi connectivity index (χ1v) is 9.07. The third kappa shape index (κ3) is 4.25. The van der Waals surface area contributed by atoms with Crippen LogP contribution in [0.25, 0.3) is 0 Å². The second kappa shape index (κ2) is 8.08. The molecule has 0 spiro atoms. The molecule has 2 N–H and O–H groups in total. The average Bonchev–Trinajstić information content (AvgIpc) is 2.85. The molecule has 1 aliphatic heterocycles. The lowest BCUT2D eigenvalue weighted by molar-refractivity contribution is 0.0761. The fourth-order valence-electron chi connectivity index (χ4n) is 3.33. The maximum atomic E-state index is 12.8. The van der Waals surface area contributed by atoms with Crippen LogP contribution in [0.15, 0.2) is 36.4 Å². The lowest BCUT2D eigenvalue weighted by atomic mass is 10.2. The highest BCUT2D eigenvalue weighted by molar-refractivity contribution is 5.95. The van der Waals surface area contributed by atoms with Crippen molar-refractivity contribution in [3.63, 3.8) is 0 Å². The molecule has 1 aromatic carbocycles. The summed E-state index contributed by atoms with van der Waals surface area (Å²) in [5.74, 6) is 0.0402. The topological polar surface area (TPSA) is 68.4 Å². The number of nitrogens with one attached hydrogen (secondary N) is 2. The maximum absolute atomic E-state index is 12.8. The zero-order valence-electron chi connectivity index (χ0n) is 15.4. The van der Waals surface area contributed by atoms with Crippen molar-refractivity contribution in [2.24, 2.45) is 0 Å². The van der Waals surface area contributed by atoms with Crippen LogP contribution in [0.4, 0.5) is 4.79 Å². The van der Waals surface area contributed by atoms with Crippen molar-refractivity contribution in [1.29, 1.82) is 0 Å². The number of carbonyl (C=O) groups excluding carboxylic acids is 2. The van der Waals surface area contributed by atoms with Crippen LogP contribution >= 0.6 is 0 Å². The molecule has 0 atom stereocenters. The van der Waals surface area contributed by atoms with Crippen LogP contribution in [0, 0.1) is 13.8 Å². The van der Waals surface area contributed by atoms with E-state index in [2.05, 4.69) is 10.3 Å². The summed E-state index contributed by atoms with van der Waals surface area (Å²) in [5, 5.41) is 2.96. The number of rotatable bonds is 3. The molecule has 1 saturated heterocycles. The van der Waals surface area contributed by atoms with Gasteiger partial charge in [-0.1, -0.05) is 30.3 Å². The van der Waals surface area contributed by atoms with Crippen LogP contribution in [0.1, 0.15) is 33.7 Å². The van der Waals surface area contributed by atoms with Crippen LogP contribution in [-0.2, 0) is 6.54 Å². The van der Waals surface area contributed by atoms with Crippen LogP contribution in [0.5, 0.6) is 0 Å². The van der Waals surface area contributed by atoms with Gasteiger partial charge >= 0.3 is 6.03 Å². The summed E-state index contributed by atoms with van der Waals surface area (Å²) in [4.78, 5) is 32.0. The van der Waals surface area contributed by atoms with Gasteiger partial charge in [0, 0.05) is 44.1 Å². The van der Waals surface area contributed by atoms with Crippen LogP contribution in [0.3, 0.4) is 0 Å². The lowest BCUT2D eigenvalue weighted by Crippen LogP contribution is -2.42. The summed E-state index contributed by atoms with van der Waals surface area (Å²) in [7, 11) is 0. The minimum Gasteiger partial charge on any atom is -0.362 e. The first-order valence-electron chi connectivity index (χ1n) is 9.07. The maximum Gasteiger partial charge on any atom is 0.317 e. The Balaban J connectivity index is 1.55. The number of aryl methyl sites for hydroxylation is 2. The van der Waals surface area contributed by atoms with Crippen molar-refractivity contribution in [3.8, 4) is 0 Å². The van der Waals surface area contributed by atoms with Crippen molar-refractivity contribution in [2.45, 2.75) is 26.8 Å². The van der Waals surface area contributed by atoms with Gasteiger partial charge in [-0.25, -0.2) is 4.79 Å². The molecule has 0 aliphatic carbocycles. The van der Waals surface area contributed by atoms with Gasteiger partial charge in [0.15, 0.2) is 0 Å². The third-order valence-corrected chi connectivity index (χ3v) is 4.74. The Bertz CT molecular complexity index is 769. The Morgan fingerprint density at radius 1 is 1.04 bits per heavy atom. The Kier molecular flexibility index (Phi) is 5.61. The van der Waals surface area contributed by atoms with Crippen molar-refractivity contribution in [3.05, 3.63) is 58.9 Å². The number of urea groups is 1. The number of amides is 3. The van der Waals surface area contributed by atoms with Gasteiger partial charge in [0.1, 0.15) is 0 Å². The first-order chi connectivity index (χ1) is 12.5. The fourth-order valence-corrected chi connectivity index (χ4v) is 3.33. The largest absolute Gasteiger partial charge is 0.362 e. The summed E-state index contributed by atoms with van der Waals surface area (Å²) in [6.45, 7) is 6.82. The van der Waals surface area contributed by atoms with Gasteiger partial charge in [0.2, 0.25) is 0 Å². The van der Waals surface area contributed by atoms with E-state index in [9.17, 15) is 9.59 Å². The van der Waals surface area contributed by atoms with Gasteiger partial charge in [-0.3, -0.25) is 4.79 Å².